The van der Waals surface area contributed by atoms with Crippen molar-refractivity contribution in [2.45, 2.75) is 38.6 Å². The molecule has 20 heavy (non-hydrogen) atoms. The molecular weight excluding hydrogens is 325 g/mol. The Labute approximate surface area is 127 Å². The lowest BCUT2D eigenvalue weighted by atomic mass is 10.00. The second kappa shape index (κ2) is 7.07. The number of likely N-dealkylation sites (tertiary alicyclic amines) is 1. The fourth-order valence-corrected chi connectivity index (χ4v) is 2.90. The van der Waals surface area contributed by atoms with Crippen LogP contribution in [0.2, 0.25) is 0 Å². The fraction of sp³-hybridized carbons (Fsp3) is 0.533. The van der Waals surface area contributed by atoms with Crippen LogP contribution in [0.3, 0.4) is 0 Å². The van der Waals surface area contributed by atoms with Crippen LogP contribution in [-0.2, 0) is 4.79 Å². The second-order valence-corrected chi connectivity index (χ2v) is 5.92. The third-order valence-corrected chi connectivity index (χ3v) is 4.16. The SMILES string of the molecule is CCC1CCCCN1C(=O)COc1ccc(Br)cc1F. The minimum absolute atomic E-state index is 0.0566. The van der Waals surface area contributed by atoms with Crippen molar-refractivity contribution in [3.63, 3.8) is 0 Å². The molecule has 0 radical (unpaired) electrons. The summed E-state index contributed by atoms with van der Waals surface area (Å²) in [6, 6.07) is 4.85. The molecule has 0 N–H and O–H groups in total. The van der Waals surface area contributed by atoms with Crippen LogP contribution in [-0.4, -0.2) is 30.0 Å². The molecule has 1 aromatic rings. The van der Waals surface area contributed by atoms with E-state index in [0.717, 1.165) is 25.8 Å². The molecule has 5 heteroatoms. The fourth-order valence-electron chi connectivity index (χ4n) is 2.57. The minimum Gasteiger partial charge on any atom is -0.481 e. The zero-order valence-electron chi connectivity index (χ0n) is 11.6. The van der Waals surface area contributed by atoms with Crippen LogP contribution < -0.4 is 4.74 Å². The summed E-state index contributed by atoms with van der Waals surface area (Å²) in [5.74, 6) is -0.400. The van der Waals surface area contributed by atoms with E-state index in [1.165, 1.54) is 18.6 Å². The maximum Gasteiger partial charge on any atom is 0.260 e. The number of hydrogen-bond acceptors (Lipinski definition) is 2. The molecule has 1 aliphatic rings. The monoisotopic (exact) mass is 343 g/mol. The first-order chi connectivity index (χ1) is 9.61. The number of amides is 1. The van der Waals surface area contributed by atoms with Crippen LogP contribution in [0, 0.1) is 5.82 Å². The van der Waals surface area contributed by atoms with Gasteiger partial charge in [-0.2, -0.15) is 0 Å². The molecule has 0 spiro atoms. The Morgan fingerprint density at radius 1 is 1.50 bits per heavy atom. The average Bonchev–Trinajstić information content (AvgIpc) is 2.46. The van der Waals surface area contributed by atoms with Crippen LogP contribution in [0.4, 0.5) is 4.39 Å². The number of ether oxygens (including phenoxy) is 1. The summed E-state index contributed by atoms with van der Waals surface area (Å²) in [7, 11) is 0. The van der Waals surface area contributed by atoms with Gasteiger partial charge in [0.05, 0.1) is 0 Å². The molecular formula is C15H19BrFNO2. The molecule has 1 atom stereocenters. The normalized spacial score (nSPS) is 18.9. The lowest BCUT2D eigenvalue weighted by molar-refractivity contribution is -0.137. The quantitative estimate of drug-likeness (QED) is 0.832. The topological polar surface area (TPSA) is 29.5 Å². The van der Waals surface area contributed by atoms with E-state index in [1.54, 1.807) is 6.07 Å². The molecule has 2 rings (SSSR count). The van der Waals surface area contributed by atoms with Gasteiger partial charge in [0, 0.05) is 17.1 Å². The first-order valence-corrected chi connectivity index (χ1v) is 7.78. The molecule has 1 fully saturated rings. The Bertz CT molecular complexity index is 481. The molecule has 1 heterocycles. The number of carbonyl (C=O) groups is 1. The minimum atomic E-state index is -0.460. The average molecular weight is 344 g/mol. The van der Waals surface area contributed by atoms with Crippen molar-refractivity contribution in [3.05, 3.63) is 28.5 Å². The molecule has 1 amide bonds. The van der Waals surface area contributed by atoms with E-state index in [0.29, 0.717) is 10.5 Å². The zero-order chi connectivity index (χ0) is 14.5. The van der Waals surface area contributed by atoms with Gasteiger partial charge in [-0.1, -0.05) is 22.9 Å². The number of benzene rings is 1. The van der Waals surface area contributed by atoms with Gasteiger partial charge in [0.25, 0.3) is 5.91 Å². The Morgan fingerprint density at radius 2 is 2.30 bits per heavy atom. The van der Waals surface area contributed by atoms with Gasteiger partial charge in [0.1, 0.15) is 0 Å². The summed E-state index contributed by atoms with van der Waals surface area (Å²) in [5, 5.41) is 0. The van der Waals surface area contributed by atoms with Crippen molar-refractivity contribution in [3.8, 4) is 5.75 Å². The molecule has 0 bridgehead atoms. The number of rotatable bonds is 4. The van der Waals surface area contributed by atoms with E-state index in [1.807, 2.05) is 4.90 Å². The summed E-state index contributed by atoms with van der Waals surface area (Å²) < 4.78 is 19.6. The molecule has 1 aromatic carbocycles. The molecule has 0 aliphatic carbocycles. The van der Waals surface area contributed by atoms with E-state index < -0.39 is 5.82 Å². The molecule has 3 nitrogen and oxygen atoms in total. The van der Waals surface area contributed by atoms with Crippen molar-refractivity contribution >= 4 is 21.8 Å². The third-order valence-electron chi connectivity index (χ3n) is 3.66. The highest BCUT2D eigenvalue weighted by atomic mass is 79.9. The Balaban J connectivity index is 1.94. The van der Waals surface area contributed by atoms with Gasteiger partial charge in [-0.3, -0.25) is 4.79 Å². The molecule has 0 aromatic heterocycles. The second-order valence-electron chi connectivity index (χ2n) is 5.01. The van der Waals surface area contributed by atoms with Crippen molar-refractivity contribution in [1.29, 1.82) is 0 Å². The largest absolute Gasteiger partial charge is 0.481 e. The van der Waals surface area contributed by atoms with Gasteiger partial charge >= 0.3 is 0 Å². The first kappa shape index (κ1) is 15.3. The van der Waals surface area contributed by atoms with Gasteiger partial charge < -0.3 is 9.64 Å². The summed E-state index contributed by atoms with van der Waals surface area (Å²) in [4.78, 5) is 14.1. The summed E-state index contributed by atoms with van der Waals surface area (Å²) in [6.45, 7) is 2.77. The molecule has 1 aliphatic heterocycles. The highest BCUT2D eigenvalue weighted by Crippen LogP contribution is 2.23. The van der Waals surface area contributed by atoms with Crippen molar-refractivity contribution < 1.29 is 13.9 Å². The number of carbonyl (C=O) groups excluding carboxylic acids is 1. The standard InChI is InChI=1S/C15H19BrFNO2/c1-2-12-5-3-4-8-18(12)15(19)10-20-14-7-6-11(16)9-13(14)17/h6-7,9,12H,2-5,8,10H2,1H3. The smallest absolute Gasteiger partial charge is 0.260 e. The van der Waals surface area contributed by atoms with E-state index in [4.69, 9.17) is 4.74 Å². The summed E-state index contributed by atoms with van der Waals surface area (Å²) in [6.07, 6.45) is 4.21. The Hall–Kier alpha value is -1.10. The molecule has 1 saturated heterocycles. The van der Waals surface area contributed by atoms with Crippen LogP contribution >= 0.6 is 15.9 Å². The zero-order valence-corrected chi connectivity index (χ0v) is 13.2. The summed E-state index contributed by atoms with van der Waals surface area (Å²) in [5.41, 5.74) is 0. The number of hydrogen-bond donors (Lipinski definition) is 0. The number of halogens is 2. The van der Waals surface area contributed by atoms with Crippen LogP contribution in [0.15, 0.2) is 22.7 Å². The van der Waals surface area contributed by atoms with Gasteiger partial charge in [-0.25, -0.2) is 4.39 Å². The highest BCUT2D eigenvalue weighted by Gasteiger charge is 2.25. The Kier molecular flexibility index (Phi) is 5.40. The molecule has 0 saturated carbocycles. The third kappa shape index (κ3) is 3.72. The maximum atomic E-state index is 13.6. The van der Waals surface area contributed by atoms with Crippen LogP contribution in [0.25, 0.3) is 0 Å². The van der Waals surface area contributed by atoms with Crippen molar-refractivity contribution in [2.75, 3.05) is 13.2 Å². The van der Waals surface area contributed by atoms with Crippen molar-refractivity contribution in [1.82, 2.24) is 4.90 Å². The maximum absolute atomic E-state index is 13.6. The van der Waals surface area contributed by atoms with E-state index in [2.05, 4.69) is 22.9 Å². The lowest BCUT2D eigenvalue weighted by Crippen LogP contribution is -2.45. The van der Waals surface area contributed by atoms with E-state index >= 15 is 0 Å². The van der Waals surface area contributed by atoms with Crippen LogP contribution in [0.5, 0.6) is 5.75 Å². The molecule has 1 unspecified atom stereocenters. The predicted molar refractivity (Wildman–Crippen MR) is 79.2 cm³/mol. The van der Waals surface area contributed by atoms with Gasteiger partial charge in [0.2, 0.25) is 0 Å². The predicted octanol–water partition coefficient (Wildman–Crippen LogP) is 3.76. The Morgan fingerprint density at radius 3 is 3.00 bits per heavy atom. The summed E-state index contributed by atoms with van der Waals surface area (Å²) >= 11 is 3.19. The first-order valence-electron chi connectivity index (χ1n) is 6.99. The van der Waals surface area contributed by atoms with Gasteiger partial charge in [0.15, 0.2) is 18.2 Å². The van der Waals surface area contributed by atoms with Gasteiger partial charge in [-0.05, 0) is 43.9 Å². The lowest BCUT2D eigenvalue weighted by Gasteiger charge is -2.35. The van der Waals surface area contributed by atoms with Crippen molar-refractivity contribution in [2.24, 2.45) is 0 Å². The number of nitrogens with zero attached hydrogens (tertiary/aromatic N) is 1. The highest BCUT2D eigenvalue weighted by molar-refractivity contribution is 9.10. The van der Waals surface area contributed by atoms with E-state index in [9.17, 15) is 9.18 Å². The van der Waals surface area contributed by atoms with Gasteiger partial charge in [-0.15, -0.1) is 0 Å². The van der Waals surface area contributed by atoms with E-state index in [-0.39, 0.29) is 18.3 Å². The molecule has 110 valence electrons. The van der Waals surface area contributed by atoms with Crippen LogP contribution in [0.1, 0.15) is 32.6 Å². The number of piperidine rings is 1.